The molecule has 7 nitrogen and oxygen atoms in total. The molecule has 3 heterocycles. The molecule has 0 unspecified atom stereocenters. The Morgan fingerprint density at radius 3 is 2.12 bits per heavy atom. The average molecular weight is 561 g/mol. The highest BCUT2D eigenvalue weighted by Crippen LogP contribution is 2.45. The van der Waals surface area contributed by atoms with E-state index in [4.69, 9.17) is 4.74 Å². The molecule has 0 bridgehead atoms. The third kappa shape index (κ3) is 5.89. The van der Waals surface area contributed by atoms with Crippen LogP contribution in [-0.2, 0) is 0 Å². The number of hydrogen-bond donors (Lipinski definition) is 1. The predicted molar refractivity (Wildman–Crippen MR) is 173 cm³/mol. The molecule has 4 aromatic rings. The van der Waals surface area contributed by atoms with Gasteiger partial charge in [-0.2, -0.15) is 0 Å². The number of fused-ring (bicyclic) bond motifs is 4. The zero-order valence-corrected chi connectivity index (χ0v) is 24.8. The van der Waals surface area contributed by atoms with E-state index in [2.05, 4.69) is 104 Å². The van der Waals surface area contributed by atoms with Crippen LogP contribution in [-0.4, -0.2) is 69.0 Å². The van der Waals surface area contributed by atoms with Gasteiger partial charge < -0.3 is 24.8 Å². The molecule has 1 aromatic heterocycles. The van der Waals surface area contributed by atoms with E-state index in [1.54, 1.807) is 0 Å². The average Bonchev–Trinajstić information content (AvgIpc) is 3.19. The molecule has 3 aromatic carbocycles. The molecule has 0 atom stereocenters. The fourth-order valence-electron chi connectivity index (χ4n) is 6.02. The van der Waals surface area contributed by atoms with Crippen molar-refractivity contribution in [2.75, 3.05) is 63.7 Å². The molecule has 216 valence electrons. The maximum atomic E-state index is 5.87. The molecule has 0 saturated carbocycles. The Hall–Kier alpha value is -4.20. The molecule has 7 rings (SSSR count). The van der Waals surface area contributed by atoms with Crippen LogP contribution < -0.4 is 19.9 Å². The lowest BCUT2D eigenvalue weighted by Gasteiger charge is -2.34. The second-order valence-corrected chi connectivity index (χ2v) is 11.2. The van der Waals surface area contributed by atoms with E-state index in [0.29, 0.717) is 11.8 Å². The summed E-state index contributed by atoms with van der Waals surface area (Å²) in [5.74, 6) is 2.81. The first-order valence-corrected chi connectivity index (χ1v) is 14.9. The number of rotatable bonds is 5. The lowest BCUT2D eigenvalue weighted by Crippen LogP contribution is -2.45. The van der Waals surface area contributed by atoms with Crippen LogP contribution >= 0.6 is 0 Å². The fourth-order valence-corrected chi connectivity index (χ4v) is 6.02. The van der Waals surface area contributed by atoms with Crippen molar-refractivity contribution in [3.8, 4) is 11.6 Å². The molecule has 3 aliphatic rings. The van der Waals surface area contributed by atoms with Crippen LogP contribution in [0.2, 0.25) is 0 Å². The molecule has 2 aliphatic heterocycles. The lowest BCUT2D eigenvalue weighted by molar-refractivity contribution is 0.311. The van der Waals surface area contributed by atoms with Crippen LogP contribution in [0.3, 0.4) is 0 Å². The first-order chi connectivity index (χ1) is 20.6. The molecule has 0 amide bonds. The van der Waals surface area contributed by atoms with Crippen LogP contribution in [0.1, 0.15) is 41.0 Å². The van der Waals surface area contributed by atoms with E-state index >= 15 is 0 Å². The van der Waals surface area contributed by atoms with Crippen LogP contribution in [0.5, 0.6) is 11.6 Å². The summed E-state index contributed by atoms with van der Waals surface area (Å²) in [6.07, 6.45) is 6.90. The summed E-state index contributed by atoms with van der Waals surface area (Å²) in [6.45, 7) is 5.13. The number of nitrogens with zero attached hydrogens (tertiary/aromatic N) is 5. The van der Waals surface area contributed by atoms with E-state index in [-0.39, 0.29) is 0 Å². The molecular formula is C35H40N6O. The third-order valence-electron chi connectivity index (χ3n) is 8.45. The zero-order valence-electron chi connectivity index (χ0n) is 24.8. The minimum atomic E-state index is 0.505. The number of para-hydroxylation sites is 2. The smallest absolute Gasteiger partial charge is 0.263 e. The standard InChI is InChI=1S/C19H21N.C16H19N5O/c1-20-14-6-11-19-17-9-4-2-7-15(17)12-13-16-8-3-5-10-18(16)19;1-19-7-9-21(10-8-19)15-11-13-16(18-17-15)22-14-6-4-3-5-12(14)20(13)2/h2-5,7-10,12-13,19-20H,6,11,14H2,1H3;3-6,11H,7-10H2,1-2H3. The number of ether oxygens (including phenoxy) is 1. The van der Waals surface area contributed by atoms with Crippen LogP contribution in [0.4, 0.5) is 17.2 Å². The molecule has 1 N–H and O–H groups in total. The highest BCUT2D eigenvalue weighted by molar-refractivity contribution is 5.78. The normalized spacial score (nSPS) is 15.8. The minimum absolute atomic E-state index is 0.505. The molecular weight excluding hydrogens is 520 g/mol. The van der Waals surface area contributed by atoms with Gasteiger partial charge in [0.15, 0.2) is 11.6 Å². The number of anilines is 3. The Balaban J connectivity index is 0.000000151. The van der Waals surface area contributed by atoms with Gasteiger partial charge >= 0.3 is 0 Å². The zero-order chi connectivity index (χ0) is 28.9. The van der Waals surface area contributed by atoms with Gasteiger partial charge in [-0.15, -0.1) is 10.2 Å². The van der Waals surface area contributed by atoms with Crippen molar-refractivity contribution in [3.05, 3.63) is 101 Å². The largest absolute Gasteiger partial charge is 0.434 e. The molecule has 1 saturated heterocycles. The second-order valence-electron chi connectivity index (χ2n) is 11.2. The van der Waals surface area contributed by atoms with Crippen LogP contribution in [0.15, 0.2) is 78.9 Å². The van der Waals surface area contributed by atoms with Gasteiger partial charge in [-0.1, -0.05) is 72.8 Å². The number of aromatic nitrogens is 2. The Kier molecular flexibility index (Phi) is 8.49. The highest BCUT2D eigenvalue weighted by atomic mass is 16.5. The Morgan fingerprint density at radius 1 is 0.786 bits per heavy atom. The predicted octanol–water partition coefficient (Wildman–Crippen LogP) is 6.40. The van der Waals surface area contributed by atoms with Gasteiger partial charge in [0, 0.05) is 45.2 Å². The summed E-state index contributed by atoms with van der Waals surface area (Å²) in [7, 11) is 6.21. The van der Waals surface area contributed by atoms with Gasteiger partial charge in [0.25, 0.3) is 5.88 Å². The van der Waals surface area contributed by atoms with Crippen LogP contribution in [0.25, 0.3) is 12.2 Å². The lowest BCUT2D eigenvalue weighted by atomic mass is 9.84. The van der Waals surface area contributed by atoms with E-state index < -0.39 is 0 Å². The Bertz CT molecular complexity index is 1490. The van der Waals surface area contributed by atoms with Crippen molar-refractivity contribution in [2.24, 2.45) is 0 Å². The SMILES string of the molecule is CN1CCN(c2cc3c(nn2)Oc2ccccc2N3C)CC1.CNCCCC1c2ccccc2C=Cc2ccccc21. The maximum Gasteiger partial charge on any atom is 0.263 e. The Morgan fingerprint density at radius 2 is 1.43 bits per heavy atom. The van der Waals surface area contributed by atoms with Crippen molar-refractivity contribution in [1.29, 1.82) is 0 Å². The van der Waals surface area contributed by atoms with Crippen molar-refractivity contribution in [3.63, 3.8) is 0 Å². The molecule has 1 aliphatic carbocycles. The van der Waals surface area contributed by atoms with Gasteiger partial charge in [-0.3, -0.25) is 0 Å². The summed E-state index contributed by atoms with van der Waals surface area (Å²) in [6, 6.07) is 27.6. The van der Waals surface area contributed by atoms with Gasteiger partial charge in [0.1, 0.15) is 5.69 Å². The molecule has 42 heavy (non-hydrogen) atoms. The van der Waals surface area contributed by atoms with E-state index in [9.17, 15) is 0 Å². The molecule has 0 radical (unpaired) electrons. The summed E-state index contributed by atoms with van der Waals surface area (Å²) in [5, 5.41) is 11.9. The molecule has 7 heteroatoms. The number of piperazine rings is 1. The summed E-state index contributed by atoms with van der Waals surface area (Å²) in [4.78, 5) is 6.72. The minimum Gasteiger partial charge on any atom is -0.434 e. The monoisotopic (exact) mass is 560 g/mol. The van der Waals surface area contributed by atoms with Gasteiger partial charge in [0.2, 0.25) is 0 Å². The van der Waals surface area contributed by atoms with Gasteiger partial charge in [-0.25, -0.2) is 0 Å². The maximum absolute atomic E-state index is 5.87. The van der Waals surface area contributed by atoms with E-state index in [1.165, 1.54) is 35.1 Å². The summed E-state index contributed by atoms with van der Waals surface area (Å²) >= 11 is 0. The molecule has 1 fully saturated rings. The first-order valence-electron chi connectivity index (χ1n) is 14.9. The number of hydrogen-bond acceptors (Lipinski definition) is 7. The molecule has 0 spiro atoms. The van der Waals surface area contributed by atoms with Crippen molar-refractivity contribution in [1.82, 2.24) is 20.4 Å². The Labute approximate surface area is 249 Å². The third-order valence-corrected chi connectivity index (χ3v) is 8.45. The quantitative estimate of drug-likeness (QED) is 0.283. The van der Waals surface area contributed by atoms with E-state index in [0.717, 1.165) is 55.7 Å². The van der Waals surface area contributed by atoms with Crippen molar-refractivity contribution < 1.29 is 4.74 Å². The topological polar surface area (TPSA) is 56.8 Å². The summed E-state index contributed by atoms with van der Waals surface area (Å²) < 4.78 is 5.87. The first kappa shape index (κ1) is 27.9. The number of likely N-dealkylation sites (N-methyl/N-ethyl adjacent to an activating group) is 1. The van der Waals surface area contributed by atoms with E-state index in [1.807, 2.05) is 38.4 Å². The summed E-state index contributed by atoms with van der Waals surface area (Å²) in [5.41, 5.74) is 7.65. The number of nitrogens with one attached hydrogen (secondary N) is 1. The van der Waals surface area contributed by atoms with Gasteiger partial charge in [0.05, 0.1) is 5.69 Å². The van der Waals surface area contributed by atoms with Crippen molar-refractivity contribution in [2.45, 2.75) is 18.8 Å². The highest BCUT2D eigenvalue weighted by Gasteiger charge is 2.25. The van der Waals surface area contributed by atoms with Crippen molar-refractivity contribution >= 4 is 29.3 Å². The van der Waals surface area contributed by atoms with Gasteiger partial charge in [-0.05, 0) is 67.9 Å². The van der Waals surface area contributed by atoms with Crippen LogP contribution in [0, 0.1) is 0 Å². The second kappa shape index (κ2) is 12.8. The fraction of sp³-hybridized carbons (Fsp3) is 0.314. The number of benzene rings is 3.